The number of aryl methyl sites for hydroxylation is 1. The quantitative estimate of drug-likeness (QED) is 0.883. The Morgan fingerprint density at radius 3 is 2.77 bits per heavy atom. The lowest BCUT2D eigenvalue weighted by Crippen LogP contribution is -2.17. The first-order chi connectivity index (χ1) is 10.3. The molecule has 2 N–H and O–H groups in total. The van der Waals surface area contributed by atoms with E-state index >= 15 is 0 Å². The number of aromatic nitrogens is 2. The number of carbonyl (C=O) groups is 1. The summed E-state index contributed by atoms with van der Waals surface area (Å²) in [6.07, 6.45) is -3.54. The number of thiazole rings is 1. The van der Waals surface area contributed by atoms with Crippen LogP contribution in [0.5, 0.6) is 0 Å². The zero-order valence-corrected chi connectivity index (χ0v) is 12.4. The molecule has 2 aromatic heterocycles. The van der Waals surface area contributed by atoms with E-state index in [4.69, 9.17) is 0 Å². The molecule has 0 aliphatic carbocycles. The number of halogens is 3. The van der Waals surface area contributed by atoms with Crippen LogP contribution in [0, 0.1) is 6.92 Å². The lowest BCUT2D eigenvalue weighted by atomic mass is 10.3. The second-order valence-corrected chi connectivity index (χ2v) is 5.45. The number of pyridine rings is 1. The first kappa shape index (κ1) is 16.2. The van der Waals surface area contributed by atoms with Crippen LogP contribution < -0.4 is 10.6 Å². The Labute approximate surface area is 128 Å². The van der Waals surface area contributed by atoms with Gasteiger partial charge in [-0.2, -0.15) is 13.2 Å². The Morgan fingerprint density at radius 1 is 1.36 bits per heavy atom. The summed E-state index contributed by atoms with van der Waals surface area (Å²) in [5.74, 6) is 0.164. The molecule has 118 valence electrons. The molecule has 0 saturated heterocycles. The number of nitrogens with zero attached hydrogens (tertiary/aromatic N) is 2. The summed E-state index contributed by atoms with van der Waals surface area (Å²) in [6, 6.07) is 5.23. The van der Waals surface area contributed by atoms with E-state index in [0.29, 0.717) is 17.2 Å². The van der Waals surface area contributed by atoms with Gasteiger partial charge in [-0.05, 0) is 19.1 Å². The fourth-order valence-electron chi connectivity index (χ4n) is 1.59. The Kier molecular flexibility index (Phi) is 4.96. The van der Waals surface area contributed by atoms with Crippen molar-refractivity contribution in [3.8, 4) is 0 Å². The van der Waals surface area contributed by atoms with Crippen molar-refractivity contribution >= 4 is 28.2 Å². The van der Waals surface area contributed by atoms with Gasteiger partial charge in [0.15, 0.2) is 5.13 Å². The van der Waals surface area contributed by atoms with E-state index in [9.17, 15) is 18.0 Å². The van der Waals surface area contributed by atoms with Gasteiger partial charge in [0.05, 0.1) is 6.20 Å². The number of nitrogens with one attached hydrogen (secondary N) is 2. The van der Waals surface area contributed by atoms with Crippen LogP contribution in [0.4, 0.5) is 24.1 Å². The van der Waals surface area contributed by atoms with Crippen LogP contribution in [0.3, 0.4) is 0 Å². The lowest BCUT2D eigenvalue weighted by Gasteiger charge is -2.05. The van der Waals surface area contributed by atoms with Crippen molar-refractivity contribution < 1.29 is 18.0 Å². The smallest absolute Gasteiger partial charge is 0.361 e. The Morgan fingerprint density at radius 2 is 2.14 bits per heavy atom. The third-order valence-corrected chi connectivity index (χ3v) is 3.57. The highest BCUT2D eigenvalue weighted by Gasteiger charge is 2.33. The van der Waals surface area contributed by atoms with Crippen LogP contribution in [0.25, 0.3) is 0 Å². The maximum Gasteiger partial charge on any atom is 0.427 e. The van der Waals surface area contributed by atoms with Crippen molar-refractivity contribution in [2.45, 2.75) is 19.5 Å². The summed E-state index contributed by atoms with van der Waals surface area (Å²) in [7, 11) is 0. The zero-order valence-electron chi connectivity index (χ0n) is 11.6. The fraction of sp³-hybridized carbons (Fsp3) is 0.308. The first-order valence-electron chi connectivity index (χ1n) is 6.35. The molecule has 0 spiro atoms. The van der Waals surface area contributed by atoms with Gasteiger partial charge in [-0.25, -0.2) is 9.97 Å². The van der Waals surface area contributed by atoms with Crippen LogP contribution in [0.15, 0.2) is 24.4 Å². The normalized spacial score (nSPS) is 11.3. The molecule has 2 aromatic rings. The number of carbonyl (C=O) groups excluding carboxylic acids is 1. The van der Waals surface area contributed by atoms with Crippen molar-refractivity contribution in [3.05, 3.63) is 35.0 Å². The zero-order chi connectivity index (χ0) is 16.2. The maximum absolute atomic E-state index is 12.4. The molecule has 0 radical (unpaired) electrons. The van der Waals surface area contributed by atoms with Crippen LogP contribution in [-0.4, -0.2) is 22.4 Å². The number of hydrogen-bond donors (Lipinski definition) is 2. The standard InChI is InChI=1S/C13H13F3N4OS/c1-8-3-2-4-10(19-8)20-11(21)5-6-17-12-18-7-9(22-12)13(14,15)16/h2-4,7H,5-6H2,1H3,(H,17,18)(H,19,20,21). The maximum atomic E-state index is 12.4. The molecule has 0 fully saturated rings. The molecule has 5 nitrogen and oxygen atoms in total. The average molecular weight is 330 g/mol. The summed E-state index contributed by atoms with van der Waals surface area (Å²) >= 11 is 0.506. The number of hydrogen-bond acceptors (Lipinski definition) is 5. The van der Waals surface area contributed by atoms with Gasteiger partial charge in [0, 0.05) is 18.7 Å². The van der Waals surface area contributed by atoms with Crippen molar-refractivity contribution in [1.82, 2.24) is 9.97 Å². The van der Waals surface area contributed by atoms with E-state index in [1.807, 2.05) is 0 Å². The number of amides is 1. The molecular weight excluding hydrogens is 317 g/mol. The van der Waals surface area contributed by atoms with Crippen LogP contribution in [0.2, 0.25) is 0 Å². The van der Waals surface area contributed by atoms with Gasteiger partial charge in [0.1, 0.15) is 10.7 Å². The third-order valence-electron chi connectivity index (χ3n) is 2.57. The molecule has 2 heterocycles. The highest BCUT2D eigenvalue weighted by molar-refractivity contribution is 7.15. The second-order valence-electron chi connectivity index (χ2n) is 4.42. The molecule has 0 aliphatic rings. The average Bonchev–Trinajstić information content (AvgIpc) is 2.87. The first-order valence-corrected chi connectivity index (χ1v) is 7.16. The van der Waals surface area contributed by atoms with Gasteiger partial charge in [-0.1, -0.05) is 17.4 Å². The van der Waals surface area contributed by atoms with Crippen molar-refractivity contribution in [3.63, 3.8) is 0 Å². The molecule has 1 amide bonds. The Balaban J connectivity index is 1.79. The van der Waals surface area contributed by atoms with Gasteiger partial charge >= 0.3 is 6.18 Å². The monoisotopic (exact) mass is 330 g/mol. The topological polar surface area (TPSA) is 66.9 Å². The van der Waals surface area contributed by atoms with Gasteiger partial charge in [-0.15, -0.1) is 0 Å². The third kappa shape index (κ3) is 4.69. The SMILES string of the molecule is Cc1cccc(NC(=O)CCNc2ncc(C(F)(F)F)s2)n1. The Hall–Kier alpha value is -2.16. The number of alkyl halides is 3. The van der Waals surface area contributed by atoms with Crippen molar-refractivity contribution in [2.75, 3.05) is 17.2 Å². The summed E-state index contributed by atoms with van der Waals surface area (Å²) < 4.78 is 37.2. The summed E-state index contributed by atoms with van der Waals surface area (Å²) in [5.41, 5.74) is 0.776. The molecule has 22 heavy (non-hydrogen) atoms. The molecular formula is C13H13F3N4OS. The predicted octanol–water partition coefficient (Wildman–Crippen LogP) is 3.31. The molecule has 0 aromatic carbocycles. The van der Waals surface area contributed by atoms with E-state index in [2.05, 4.69) is 20.6 Å². The highest BCUT2D eigenvalue weighted by atomic mass is 32.1. The van der Waals surface area contributed by atoms with E-state index in [0.717, 1.165) is 11.9 Å². The molecule has 0 atom stereocenters. The van der Waals surface area contributed by atoms with E-state index in [1.165, 1.54) is 0 Å². The highest BCUT2D eigenvalue weighted by Crippen LogP contribution is 2.34. The van der Waals surface area contributed by atoms with Crippen LogP contribution in [-0.2, 0) is 11.0 Å². The summed E-state index contributed by atoms with van der Waals surface area (Å²) in [5, 5.41) is 5.44. The van der Waals surface area contributed by atoms with Gasteiger partial charge < -0.3 is 10.6 Å². The van der Waals surface area contributed by atoms with Gasteiger partial charge in [0.2, 0.25) is 5.91 Å². The van der Waals surface area contributed by atoms with Crippen LogP contribution in [0.1, 0.15) is 17.0 Å². The van der Waals surface area contributed by atoms with Gasteiger partial charge in [-0.3, -0.25) is 4.79 Å². The van der Waals surface area contributed by atoms with E-state index in [-0.39, 0.29) is 24.0 Å². The summed E-state index contributed by atoms with van der Waals surface area (Å²) in [6.45, 7) is 1.99. The molecule has 0 aliphatic heterocycles. The van der Waals surface area contributed by atoms with Crippen molar-refractivity contribution in [2.24, 2.45) is 0 Å². The molecule has 0 saturated carbocycles. The number of rotatable bonds is 5. The largest absolute Gasteiger partial charge is 0.427 e. The molecule has 0 bridgehead atoms. The van der Waals surface area contributed by atoms with Crippen molar-refractivity contribution in [1.29, 1.82) is 0 Å². The molecule has 9 heteroatoms. The molecule has 0 unspecified atom stereocenters. The molecule has 2 rings (SSSR count). The van der Waals surface area contributed by atoms with Gasteiger partial charge in [0.25, 0.3) is 0 Å². The number of anilines is 2. The Bertz CT molecular complexity index is 657. The summed E-state index contributed by atoms with van der Waals surface area (Å²) in [4.78, 5) is 18.7. The van der Waals surface area contributed by atoms with E-state index < -0.39 is 11.1 Å². The minimum Gasteiger partial charge on any atom is -0.361 e. The lowest BCUT2D eigenvalue weighted by molar-refractivity contribution is -0.134. The van der Waals surface area contributed by atoms with Crippen LogP contribution >= 0.6 is 11.3 Å². The van der Waals surface area contributed by atoms with E-state index in [1.54, 1.807) is 25.1 Å². The second kappa shape index (κ2) is 6.73. The minimum absolute atomic E-state index is 0.0938. The fourth-order valence-corrected chi connectivity index (χ4v) is 2.30. The predicted molar refractivity (Wildman–Crippen MR) is 77.8 cm³/mol. The minimum atomic E-state index is -4.40.